The third-order valence-corrected chi connectivity index (χ3v) is 6.51. The number of fused-ring (bicyclic) bond motifs is 1. The molecule has 0 bridgehead atoms. The van der Waals surface area contributed by atoms with Crippen LogP contribution < -0.4 is 21.5 Å². The first-order valence-corrected chi connectivity index (χ1v) is 10.8. The summed E-state index contributed by atoms with van der Waals surface area (Å²) >= 11 is 0. The van der Waals surface area contributed by atoms with Crippen molar-refractivity contribution in [2.45, 2.75) is 20.0 Å². The SMILES string of the molecule is CCn1c(=O)[nH]c2cc(CN3CC4(C3)CN(c3ccc(C(=O)NC)nc3)C4)ccc2c1=O. The number of anilines is 1. The van der Waals surface area contributed by atoms with Gasteiger partial charge in [-0.05, 0) is 36.8 Å². The average molecular weight is 435 g/mol. The Bertz CT molecular complexity index is 1300. The van der Waals surface area contributed by atoms with Crippen molar-refractivity contribution in [3.05, 3.63) is 68.6 Å². The van der Waals surface area contributed by atoms with Gasteiger partial charge in [0.25, 0.3) is 11.5 Å². The zero-order chi connectivity index (χ0) is 22.5. The molecule has 2 aliphatic heterocycles. The maximum Gasteiger partial charge on any atom is 0.328 e. The van der Waals surface area contributed by atoms with Crippen LogP contribution in [0.25, 0.3) is 10.9 Å². The monoisotopic (exact) mass is 434 g/mol. The van der Waals surface area contributed by atoms with Crippen LogP contribution in [0.5, 0.6) is 0 Å². The van der Waals surface area contributed by atoms with Gasteiger partial charge < -0.3 is 15.2 Å². The van der Waals surface area contributed by atoms with E-state index in [2.05, 4.69) is 25.1 Å². The fraction of sp³-hybridized carbons (Fsp3) is 0.391. The highest BCUT2D eigenvalue weighted by atomic mass is 16.2. The quantitative estimate of drug-likeness (QED) is 0.615. The summed E-state index contributed by atoms with van der Waals surface area (Å²) in [5, 5.41) is 3.12. The molecule has 3 aromatic rings. The molecule has 0 saturated carbocycles. The summed E-state index contributed by atoms with van der Waals surface area (Å²) in [6.07, 6.45) is 1.76. The van der Waals surface area contributed by atoms with Gasteiger partial charge in [0.05, 0.1) is 22.8 Å². The number of nitrogens with one attached hydrogen (secondary N) is 2. The minimum Gasteiger partial charge on any atom is -0.369 e. The lowest BCUT2D eigenvalue weighted by Crippen LogP contribution is -2.71. The Morgan fingerprint density at radius 1 is 1.16 bits per heavy atom. The van der Waals surface area contributed by atoms with Gasteiger partial charge in [-0.1, -0.05) is 6.07 Å². The predicted molar refractivity (Wildman–Crippen MR) is 122 cm³/mol. The molecule has 9 nitrogen and oxygen atoms in total. The number of amides is 1. The van der Waals surface area contributed by atoms with E-state index in [1.165, 1.54) is 4.57 Å². The number of benzene rings is 1. The molecule has 2 aliphatic rings. The molecule has 5 rings (SSSR count). The molecule has 166 valence electrons. The molecule has 2 fully saturated rings. The van der Waals surface area contributed by atoms with Crippen LogP contribution in [0.2, 0.25) is 0 Å². The first-order valence-electron chi connectivity index (χ1n) is 10.8. The van der Waals surface area contributed by atoms with Gasteiger partial charge in [0.1, 0.15) is 5.69 Å². The molecule has 0 radical (unpaired) electrons. The molecule has 1 amide bonds. The molecule has 1 aromatic carbocycles. The van der Waals surface area contributed by atoms with Gasteiger partial charge in [-0.2, -0.15) is 0 Å². The highest BCUT2D eigenvalue weighted by Crippen LogP contribution is 2.42. The Hall–Kier alpha value is -3.46. The largest absolute Gasteiger partial charge is 0.369 e. The third-order valence-electron chi connectivity index (χ3n) is 6.51. The second-order valence-corrected chi connectivity index (χ2v) is 8.84. The minimum atomic E-state index is -0.363. The highest BCUT2D eigenvalue weighted by Gasteiger charge is 2.51. The van der Waals surface area contributed by atoms with Crippen LogP contribution in [0.15, 0.2) is 46.1 Å². The number of carbonyl (C=O) groups is 1. The summed E-state index contributed by atoms with van der Waals surface area (Å²) in [7, 11) is 1.60. The Balaban J connectivity index is 1.20. The lowest BCUT2D eigenvalue weighted by molar-refractivity contribution is -0.0273. The van der Waals surface area contributed by atoms with Crippen molar-refractivity contribution in [1.29, 1.82) is 0 Å². The number of aromatic nitrogens is 3. The lowest BCUT2D eigenvalue weighted by atomic mass is 9.72. The summed E-state index contributed by atoms with van der Waals surface area (Å²) in [5.74, 6) is -0.180. The summed E-state index contributed by atoms with van der Waals surface area (Å²) in [6, 6.07) is 9.40. The van der Waals surface area contributed by atoms with Gasteiger partial charge in [-0.25, -0.2) is 9.78 Å². The van der Waals surface area contributed by atoms with Crippen molar-refractivity contribution in [3.8, 4) is 0 Å². The number of likely N-dealkylation sites (tertiary alicyclic amines) is 1. The van der Waals surface area contributed by atoms with Crippen molar-refractivity contribution >= 4 is 22.5 Å². The van der Waals surface area contributed by atoms with Crippen LogP contribution in [0.3, 0.4) is 0 Å². The molecule has 4 heterocycles. The number of hydrogen-bond donors (Lipinski definition) is 2. The van der Waals surface area contributed by atoms with E-state index in [0.717, 1.165) is 44.0 Å². The van der Waals surface area contributed by atoms with Crippen molar-refractivity contribution in [2.24, 2.45) is 5.41 Å². The van der Waals surface area contributed by atoms with Crippen LogP contribution in [-0.4, -0.2) is 58.6 Å². The molecule has 2 aromatic heterocycles. The third kappa shape index (κ3) is 3.38. The highest BCUT2D eigenvalue weighted by molar-refractivity contribution is 5.92. The number of carbonyl (C=O) groups excluding carboxylic acids is 1. The van der Waals surface area contributed by atoms with Crippen molar-refractivity contribution in [3.63, 3.8) is 0 Å². The number of hydrogen-bond acceptors (Lipinski definition) is 6. The van der Waals surface area contributed by atoms with Crippen LogP contribution >= 0.6 is 0 Å². The first-order chi connectivity index (χ1) is 15.4. The molecule has 2 N–H and O–H groups in total. The Morgan fingerprint density at radius 3 is 2.59 bits per heavy atom. The Kier molecular flexibility index (Phi) is 4.85. The van der Waals surface area contributed by atoms with Crippen molar-refractivity contribution in [2.75, 3.05) is 38.1 Å². The normalized spacial score (nSPS) is 17.2. The van der Waals surface area contributed by atoms with Crippen molar-refractivity contribution < 1.29 is 4.79 Å². The van der Waals surface area contributed by atoms with E-state index in [4.69, 9.17) is 0 Å². The molecular formula is C23H26N6O3. The predicted octanol–water partition coefficient (Wildman–Crippen LogP) is 0.787. The summed E-state index contributed by atoms with van der Waals surface area (Å²) < 4.78 is 1.21. The van der Waals surface area contributed by atoms with Crippen LogP contribution in [-0.2, 0) is 13.1 Å². The van der Waals surface area contributed by atoms with E-state index in [9.17, 15) is 14.4 Å². The Morgan fingerprint density at radius 2 is 1.94 bits per heavy atom. The van der Waals surface area contributed by atoms with Gasteiger partial charge >= 0.3 is 5.69 Å². The zero-order valence-corrected chi connectivity index (χ0v) is 18.2. The minimum absolute atomic E-state index is 0.180. The fourth-order valence-electron chi connectivity index (χ4n) is 4.94. The second kappa shape index (κ2) is 7.59. The summed E-state index contributed by atoms with van der Waals surface area (Å²) in [4.78, 5) is 47.9. The second-order valence-electron chi connectivity index (χ2n) is 8.84. The molecule has 9 heteroatoms. The summed E-state index contributed by atoms with van der Waals surface area (Å²) in [5.41, 5.74) is 2.84. The van der Waals surface area contributed by atoms with E-state index in [0.29, 0.717) is 28.6 Å². The van der Waals surface area contributed by atoms with E-state index in [1.54, 1.807) is 26.2 Å². The summed E-state index contributed by atoms with van der Waals surface area (Å²) in [6.45, 7) is 6.91. The smallest absolute Gasteiger partial charge is 0.328 e. The average Bonchev–Trinajstić information content (AvgIpc) is 2.74. The van der Waals surface area contributed by atoms with Gasteiger partial charge in [0.2, 0.25) is 0 Å². The first kappa shape index (κ1) is 20.4. The van der Waals surface area contributed by atoms with Crippen LogP contribution in [0.4, 0.5) is 5.69 Å². The van der Waals surface area contributed by atoms with E-state index < -0.39 is 0 Å². The van der Waals surface area contributed by atoms with Crippen LogP contribution in [0, 0.1) is 5.41 Å². The van der Waals surface area contributed by atoms with E-state index in [-0.39, 0.29) is 17.2 Å². The number of rotatable bonds is 5. The number of pyridine rings is 1. The molecule has 32 heavy (non-hydrogen) atoms. The van der Waals surface area contributed by atoms with Gasteiger partial charge in [0.15, 0.2) is 0 Å². The molecule has 1 spiro atoms. The molecular weight excluding hydrogens is 408 g/mol. The lowest BCUT2D eigenvalue weighted by Gasteiger charge is -2.61. The number of aromatic amines is 1. The molecule has 0 unspecified atom stereocenters. The number of H-pyrrole nitrogens is 1. The fourth-order valence-corrected chi connectivity index (χ4v) is 4.94. The van der Waals surface area contributed by atoms with Gasteiger partial charge in [-0.3, -0.25) is 19.1 Å². The van der Waals surface area contributed by atoms with E-state index >= 15 is 0 Å². The molecule has 0 aliphatic carbocycles. The standard InChI is InChI=1S/C23H26N6O3/c1-3-29-21(31)17-6-4-15(8-19(17)26-22(29)32)10-27-11-23(12-27)13-28(14-23)16-5-7-18(25-9-16)20(30)24-2/h4-9H,3,10-14H2,1-2H3,(H,24,30)(H,26,32). The molecule has 2 saturated heterocycles. The van der Waals surface area contributed by atoms with Gasteiger partial charge in [-0.15, -0.1) is 0 Å². The maximum atomic E-state index is 12.4. The van der Waals surface area contributed by atoms with Crippen molar-refractivity contribution in [1.82, 2.24) is 24.8 Å². The Labute approximate surface area is 184 Å². The van der Waals surface area contributed by atoms with E-state index in [1.807, 2.05) is 24.3 Å². The molecule has 0 atom stereocenters. The zero-order valence-electron chi connectivity index (χ0n) is 18.2. The van der Waals surface area contributed by atoms with Gasteiger partial charge in [0, 0.05) is 51.7 Å². The number of nitrogens with zero attached hydrogens (tertiary/aromatic N) is 4. The maximum absolute atomic E-state index is 12.4. The topological polar surface area (TPSA) is 103 Å². The van der Waals surface area contributed by atoms with Crippen LogP contribution in [0.1, 0.15) is 23.0 Å².